The molecule has 25 heavy (non-hydrogen) atoms. The van der Waals surface area contributed by atoms with Gasteiger partial charge in [-0.25, -0.2) is 0 Å². The van der Waals surface area contributed by atoms with E-state index in [0.717, 1.165) is 0 Å². The molecule has 0 aliphatic carbocycles. The number of rotatable bonds is 9. The van der Waals surface area contributed by atoms with Crippen LogP contribution in [0.25, 0.3) is 0 Å². The lowest BCUT2D eigenvalue weighted by Crippen LogP contribution is -2.27. The number of carbonyl (C=O) groups excluding carboxylic acids is 1. The van der Waals surface area contributed by atoms with Crippen molar-refractivity contribution in [1.82, 2.24) is 5.32 Å². The van der Waals surface area contributed by atoms with Gasteiger partial charge in [-0.3, -0.25) is 14.9 Å². The van der Waals surface area contributed by atoms with Gasteiger partial charge in [-0.2, -0.15) is 0 Å². The average molecular weight is 341 g/mol. The van der Waals surface area contributed by atoms with E-state index in [0.29, 0.717) is 31.6 Å². The van der Waals surface area contributed by atoms with E-state index in [9.17, 15) is 14.9 Å². The van der Waals surface area contributed by atoms with Gasteiger partial charge in [0.05, 0.1) is 4.92 Å². The normalized spacial score (nSPS) is 11.6. The van der Waals surface area contributed by atoms with Gasteiger partial charge in [-0.15, -0.1) is 0 Å². The molecule has 2 N–H and O–H groups in total. The number of nitrogens with zero attached hydrogens (tertiary/aromatic N) is 1. The topological polar surface area (TPSA) is 84.3 Å². The molecule has 0 aliphatic rings. The molecule has 6 heteroatoms. The monoisotopic (exact) mass is 341 g/mol. The van der Waals surface area contributed by atoms with Crippen molar-refractivity contribution in [2.45, 2.75) is 25.7 Å². The number of hydrogen-bond donors (Lipinski definition) is 2. The fourth-order valence-corrected chi connectivity index (χ4v) is 2.51. The van der Waals surface area contributed by atoms with Crippen molar-refractivity contribution in [2.24, 2.45) is 0 Å². The van der Waals surface area contributed by atoms with E-state index < -0.39 is 4.92 Å². The van der Waals surface area contributed by atoms with Crippen molar-refractivity contribution in [1.29, 1.82) is 0 Å². The fraction of sp³-hybridized carbons (Fsp3) is 0.316. The first-order chi connectivity index (χ1) is 12.1. The molecule has 0 heterocycles. The predicted molar refractivity (Wildman–Crippen MR) is 98.7 cm³/mol. The summed E-state index contributed by atoms with van der Waals surface area (Å²) in [6.45, 7) is 3.18. The minimum atomic E-state index is -0.417. The van der Waals surface area contributed by atoms with Crippen molar-refractivity contribution < 1.29 is 9.72 Å². The van der Waals surface area contributed by atoms with Gasteiger partial charge in [0, 0.05) is 25.6 Å². The lowest BCUT2D eigenvalue weighted by Gasteiger charge is -2.13. The molecule has 0 saturated carbocycles. The van der Waals surface area contributed by atoms with E-state index in [1.807, 2.05) is 30.3 Å². The molecule has 0 fully saturated rings. The summed E-state index contributed by atoms with van der Waals surface area (Å²) in [7, 11) is 0. The number of amides is 1. The Kier molecular flexibility index (Phi) is 6.95. The Bertz CT molecular complexity index is 704. The molecule has 6 nitrogen and oxygen atoms in total. The predicted octanol–water partition coefficient (Wildman–Crippen LogP) is 3.71. The summed E-state index contributed by atoms with van der Waals surface area (Å²) in [6, 6.07) is 16.5. The van der Waals surface area contributed by atoms with Gasteiger partial charge in [0.25, 0.3) is 5.69 Å². The van der Waals surface area contributed by atoms with E-state index in [2.05, 4.69) is 17.6 Å². The van der Waals surface area contributed by atoms with Crippen LogP contribution < -0.4 is 10.6 Å². The molecular weight excluding hydrogens is 318 g/mol. The molecule has 1 unspecified atom stereocenters. The lowest BCUT2D eigenvalue weighted by atomic mass is 10.0. The molecule has 0 spiro atoms. The third-order valence-electron chi connectivity index (χ3n) is 3.97. The molecule has 1 amide bonds. The Morgan fingerprint density at radius 1 is 1.12 bits per heavy atom. The number of anilines is 1. The number of carbonyl (C=O) groups is 1. The number of benzene rings is 2. The van der Waals surface area contributed by atoms with Gasteiger partial charge in [-0.05, 0) is 24.0 Å². The molecule has 2 aromatic carbocycles. The van der Waals surface area contributed by atoms with Gasteiger partial charge in [0.15, 0.2) is 0 Å². The van der Waals surface area contributed by atoms with Crippen LogP contribution in [-0.4, -0.2) is 23.9 Å². The van der Waals surface area contributed by atoms with E-state index >= 15 is 0 Å². The Balaban J connectivity index is 1.68. The quantitative estimate of drug-likeness (QED) is 0.414. The SMILES string of the molecule is CC(CNC(=O)CCCNc1ccccc1[N+](=O)[O-])c1ccccc1. The van der Waals surface area contributed by atoms with Crippen LogP contribution in [0.2, 0.25) is 0 Å². The van der Waals surface area contributed by atoms with Crippen molar-refractivity contribution in [2.75, 3.05) is 18.4 Å². The van der Waals surface area contributed by atoms with E-state index in [1.54, 1.807) is 18.2 Å². The summed E-state index contributed by atoms with van der Waals surface area (Å²) in [5.74, 6) is 0.252. The maximum absolute atomic E-state index is 11.9. The molecule has 2 rings (SSSR count). The molecule has 0 radical (unpaired) electrons. The Morgan fingerprint density at radius 2 is 1.80 bits per heavy atom. The van der Waals surface area contributed by atoms with Crippen molar-refractivity contribution in [3.63, 3.8) is 0 Å². The second-order valence-corrected chi connectivity index (χ2v) is 5.92. The summed E-state index contributed by atoms with van der Waals surface area (Å²) in [5.41, 5.74) is 1.72. The smallest absolute Gasteiger partial charge is 0.292 e. The molecule has 2 aromatic rings. The first-order valence-corrected chi connectivity index (χ1v) is 8.37. The summed E-state index contributed by atoms with van der Waals surface area (Å²) >= 11 is 0. The van der Waals surface area contributed by atoms with Crippen LogP contribution in [0, 0.1) is 10.1 Å². The van der Waals surface area contributed by atoms with E-state index in [-0.39, 0.29) is 17.5 Å². The zero-order valence-corrected chi connectivity index (χ0v) is 14.3. The van der Waals surface area contributed by atoms with E-state index in [1.165, 1.54) is 11.6 Å². The van der Waals surface area contributed by atoms with Gasteiger partial charge < -0.3 is 10.6 Å². The van der Waals surface area contributed by atoms with Gasteiger partial charge in [0.1, 0.15) is 5.69 Å². The van der Waals surface area contributed by atoms with Crippen LogP contribution in [0.15, 0.2) is 54.6 Å². The summed E-state index contributed by atoms with van der Waals surface area (Å²) < 4.78 is 0. The largest absolute Gasteiger partial charge is 0.379 e. The molecular formula is C19H23N3O3. The highest BCUT2D eigenvalue weighted by atomic mass is 16.6. The second-order valence-electron chi connectivity index (χ2n) is 5.92. The van der Waals surface area contributed by atoms with Crippen molar-refractivity contribution in [3.8, 4) is 0 Å². The maximum atomic E-state index is 11.9. The van der Waals surface area contributed by atoms with Gasteiger partial charge in [-0.1, -0.05) is 49.4 Å². The third-order valence-corrected chi connectivity index (χ3v) is 3.97. The van der Waals surface area contributed by atoms with Crippen molar-refractivity contribution in [3.05, 3.63) is 70.3 Å². The number of nitrogens with one attached hydrogen (secondary N) is 2. The highest BCUT2D eigenvalue weighted by Crippen LogP contribution is 2.22. The Morgan fingerprint density at radius 3 is 2.52 bits per heavy atom. The highest BCUT2D eigenvalue weighted by Gasteiger charge is 2.12. The molecule has 132 valence electrons. The minimum Gasteiger partial charge on any atom is -0.379 e. The minimum absolute atomic E-state index is 0.00728. The van der Waals surface area contributed by atoms with Crippen LogP contribution in [-0.2, 0) is 4.79 Å². The number of nitro groups is 1. The van der Waals surface area contributed by atoms with Crippen LogP contribution >= 0.6 is 0 Å². The van der Waals surface area contributed by atoms with Crippen LogP contribution in [0.4, 0.5) is 11.4 Å². The van der Waals surface area contributed by atoms with Gasteiger partial charge >= 0.3 is 0 Å². The van der Waals surface area contributed by atoms with Crippen molar-refractivity contribution >= 4 is 17.3 Å². The standard InChI is InChI=1S/C19H23N3O3/c1-15(16-8-3-2-4-9-16)14-21-19(23)12-7-13-20-17-10-5-6-11-18(17)22(24)25/h2-6,8-11,15,20H,7,12-14H2,1H3,(H,21,23). The maximum Gasteiger partial charge on any atom is 0.292 e. The first kappa shape index (κ1) is 18.4. The number of nitro benzene ring substituents is 1. The van der Waals surface area contributed by atoms with Crippen LogP contribution in [0.5, 0.6) is 0 Å². The molecule has 0 aliphatic heterocycles. The second kappa shape index (κ2) is 9.42. The highest BCUT2D eigenvalue weighted by molar-refractivity contribution is 5.76. The zero-order valence-electron chi connectivity index (χ0n) is 14.3. The lowest BCUT2D eigenvalue weighted by molar-refractivity contribution is -0.384. The third kappa shape index (κ3) is 5.91. The Hall–Kier alpha value is -2.89. The summed E-state index contributed by atoms with van der Waals surface area (Å²) in [6.07, 6.45) is 0.993. The van der Waals surface area contributed by atoms with Crippen LogP contribution in [0.1, 0.15) is 31.2 Å². The zero-order chi connectivity index (χ0) is 18.1. The molecule has 0 bridgehead atoms. The van der Waals surface area contributed by atoms with Gasteiger partial charge in [0.2, 0.25) is 5.91 Å². The average Bonchev–Trinajstić information content (AvgIpc) is 2.64. The molecule has 0 saturated heterocycles. The number of para-hydroxylation sites is 2. The summed E-state index contributed by atoms with van der Waals surface area (Å²) in [4.78, 5) is 22.4. The Labute approximate surface area is 147 Å². The van der Waals surface area contributed by atoms with E-state index in [4.69, 9.17) is 0 Å². The van der Waals surface area contributed by atoms with Crippen LogP contribution in [0.3, 0.4) is 0 Å². The summed E-state index contributed by atoms with van der Waals surface area (Å²) in [5, 5.41) is 16.9. The number of hydrogen-bond acceptors (Lipinski definition) is 4. The first-order valence-electron chi connectivity index (χ1n) is 8.37. The molecule has 1 atom stereocenters. The fourth-order valence-electron chi connectivity index (χ4n) is 2.51. The molecule has 0 aromatic heterocycles.